The van der Waals surface area contributed by atoms with E-state index >= 15 is 0 Å². The molecular weight excluding hydrogens is 477 g/mol. The van der Waals surface area contributed by atoms with E-state index in [0.29, 0.717) is 25.4 Å². The second kappa shape index (κ2) is 12.9. The molecule has 6 nitrogen and oxygen atoms in total. The molecule has 1 aromatic rings. The van der Waals surface area contributed by atoms with Crippen molar-refractivity contribution in [3.63, 3.8) is 0 Å². The van der Waals surface area contributed by atoms with Crippen molar-refractivity contribution in [3.05, 3.63) is 42.0 Å². The number of fused-ring (bicyclic) bond motifs is 1. The Balaban J connectivity index is 1.47. The molecule has 3 rings (SSSR count). The van der Waals surface area contributed by atoms with Crippen LogP contribution in [0.4, 0.5) is 13.2 Å². The van der Waals surface area contributed by atoms with Crippen LogP contribution in [-0.2, 0) is 20.4 Å². The van der Waals surface area contributed by atoms with Gasteiger partial charge in [-0.15, -0.1) is 0 Å². The molecule has 202 valence electrons. The summed E-state index contributed by atoms with van der Waals surface area (Å²) in [4.78, 5) is 11.7. The first-order valence-electron chi connectivity index (χ1n) is 12.7. The molecule has 9 heteroatoms. The van der Waals surface area contributed by atoms with E-state index in [1.165, 1.54) is 18.2 Å². The minimum atomic E-state index is -4.47. The summed E-state index contributed by atoms with van der Waals surface area (Å²) in [6.45, 7) is 4.05. The molecule has 1 heterocycles. The van der Waals surface area contributed by atoms with Crippen LogP contribution < -0.4 is 4.74 Å². The average molecular weight is 515 g/mol. The Morgan fingerprint density at radius 2 is 2.06 bits per heavy atom. The van der Waals surface area contributed by atoms with Crippen LogP contribution in [0.25, 0.3) is 0 Å². The largest absolute Gasteiger partial charge is 0.491 e. The minimum Gasteiger partial charge on any atom is -0.491 e. The van der Waals surface area contributed by atoms with Crippen molar-refractivity contribution in [2.45, 2.75) is 83.0 Å². The maximum absolute atomic E-state index is 12.9. The van der Waals surface area contributed by atoms with Crippen molar-refractivity contribution in [2.24, 2.45) is 17.8 Å². The van der Waals surface area contributed by atoms with Gasteiger partial charge in [-0.3, -0.25) is 4.79 Å². The van der Waals surface area contributed by atoms with Crippen LogP contribution in [0.5, 0.6) is 5.75 Å². The van der Waals surface area contributed by atoms with Gasteiger partial charge in [0.15, 0.2) is 0 Å². The Morgan fingerprint density at radius 1 is 1.28 bits per heavy atom. The Morgan fingerprint density at radius 3 is 2.78 bits per heavy atom. The van der Waals surface area contributed by atoms with Crippen molar-refractivity contribution in [2.75, 3.05) is 13.2 Å². The van der Waals surface area contributed by atoms with Gasteiger partial charge in [0.1, 0.15) is 18.5 Å². The summed E-state index contributed by atoms with van der Waals surface area (Å²) >= 11 is 0. The lowest BCUT2D eigenvalue weighted by Gasteiger charge is -2.21. The molecule has 0 amide bonds. The van der Waals surface area contributed by atoms with Crippen LogP contribution in [0.1, 0.15) is 57.9 Å². The summed E-state index contributed by atoms with van der Waals surface area (Å²) in [5.41, 5.74) is -0.813. The minimum absolute atomic E-state index is 0.0268. The summed E-state index contributed by atoms with van der Waals surface area (Å²) in [5.74, 6) is 0.122. The molecule has 0 spiro atoms. The number of esters is 1. The number of halogens is 3. The lowest BCUT2D eigenvalue weighted by atomic mass is 9.86. The van der Waals surface area contributed by atoms with Gasteiger partial charge in [-0.05, 0) is 69.6 Å². The highest BCUT2D eigenvalue weighted by molar-refractivity contribution is 5.69. The number of hydrogen-bond acceptors (Lipinski definition) is 6. The predicted octanol–water partition coefficient (Wildman–Crippen LogP) is 4.92. The molecule has 0 unspecified atom stereocenters. The third kappa shape index (κ3) is 8.49. The quantitative estimate of drug-likeness (QED) is 0.341. The number of alkyl halides is 3. The van der Waals surface area contributed by atoms with Gasteiger partial charge in [0.25, 0.3) is 0 Å². The summed E-state index contributed by atoms with van der Waals surface area (Å²) in [6, 6.07) is 4.52. The first kappa shape index (κ1) is 28.5. The zero-order valence-corrected chi connectivity index (χ0v) is 20.8. The highest BCUT2D eigenvalue weighted by Gasteiger charge is 2.43. The number of aliphatic hydroxyl groups excluding tert-OH is 2. The molecule has 1 aromatic carbocycles. The predicted molar refractivity (Wildman–Crippen MR) is 127 cm³/mol. The lowest BCUT2D eigenvalue weighted by molar-refractivity contribution is -0.147. The summed E-state index contributed by atoms with van der Waals surface area (Å²) in [5, 5.41) is 20.9. The van der Waals surface area contributed by atoms with Crippen LogP contribution in [0, 0.1) is 17.8 Å². The second-order valence-electron chi connectivity index (χ2n) is 10.1. The summed E-state index contributed by atoms with van der Waals surface area (Å²) < 4.78 is 55.2. The van der Waals surface area contributed by atoms with Crippen LogP contribution in [-0.4, -0.2) is 53.8 Å². The number of rotatable bonds is 10. The van der Waals surface area contributed by atoms with Gasteiger partial charge in [-0.2, -0.15) is 13.2 Å². The third-order valence-electron chi connectivity index (χ3n) is 6.84. The van der Waals surface area contributed by atoms with Crippen molar-refractivity contribution in [1.29, 1.82) is 0 Å². The van der Waals surface area contributed by atoms with Crippen LogP contribution >= 0.6 is 0 Å². The molecule has 0 bridgehead atoms. The summed E-state index contributed by atoms with van der Waals surface area (Å²) in [6.07, 6.45) is 1.39. The molecule has 6 atom stereocenters. The Bertz CT molecular complexity index is 871. The average Bonchev–Trinajstić information content (AvgIpc) is 2.96. The fourth-order valence-corrected chi connectivity index (χ4v) is 5.06. The van der Waals surface area contributed by atoms with Gasteiger partial charge in [0.2, 0.25) is 0 Å². The maximum atomic E-state index is 12.9. The summed E-state index contributed by atoms with van der Waals surface area (Å²) in [7, 11) is 0. The first-order valence-corrected chi connectivity index (χ1v) is 12.7. The number of aliphatic hydroxyl groups is 2. The Hall–Kier alpha value is -2.10. The Kier molecular flexibility index (Phi) is 10.2. The van der Waals surface area contributed by atoms with E-state index in [2.05, 4.69) is 0 Å². The smallest absolute Gasteiger partial charge is 0.416 e. The van der Waals surface area contributed by atoms with Gasteiger partial charge < -0.3 is 24.4 Å². The van der Waals surface area contributed by atoms with Crippen molar-refractivity contribution < 1.29 is 42.4 Å². The first-order chi connectivity index (χ1) is 17.0. The molecule has 1 saturated heterocycles. The number of hydrogen-bond donors (Lipinski definition) is 2. The van der Waals surface area contributed by atoms with Crippen LogP contribution in [0.3, 0.4) is 0 Å². The second-order valence-corrected chi connectivity index (χ2v) is 10.1. The van der Waals surface area contributed by atoms with Crippen LogP contribution in [0.15, 0.2) is 36.4 Å². The highest BCUT2D eigenvalue weighted by atomic mass is 19.4. The fourth-order valence-electron chi connectivity index (χ4n) is 5.06. The Labute approximate surface area is 210 Å². The molecule has 2 fully saturated rings. The molecule has 0 aromatic heterocycles. The van der Waals surface area contributed by atoms with E-state index in [1.54, 1.807) is 6.08 Å². The van der Waals surface area contributed by atoms with Gasteiger partial charge in [0.05, 0.1) is 23.9 Å². The van der Waals surface area contributed by atoms with Crippen molar-refractivity contribution >= 4 is 5.97 Å². The van der Waals surface area contributed by atoms with Gasteiger partial charge in [-0.1, -0.05) is 18.2 Å². The normalized spacial score (nSPS) is 27.6. The van der Waals surface area contributed by atoms with Gasteiger partial charge in [0, 0.05) is 25.4 Å². The molecule has 1 aliphatic carbocycles. The number of carbonyl (C=O) groups is 1. The van der Waals surface area contributed by atoms with Crippen molar-refractivity contribution in [1.82, 2.24) is 0 Å². The zero-order chi connectivity index (χ0) is 26.3. The topological polar surface area (TPSA) is 85.2 Å². The maximum Gasteiger partial charge on any atom is 0.416 e. The van der Waals surface area contributed by atoms with E-state index in [0.717, 1.165) is 37.8 Å². The number of carbonyl (C=O) groups excluding carboxylic acids is 1. The number of benzene rings is 1. The van der Waals surface area contributed by atoms with E-state index < -0.39 is 23.9 Å². The molecule has 0 radical (unpaired) electrons. The lowest BCUT2D eigenvalue weighted by Crippen LogP contribution is -2.22. The number of ether oxygens (including phenoxy) is 3. The monoisotopic (exact) mass is 514 g/mol. The van der Waals surface area contributed by atoms with Gasteiger partial charge in [-0.25, -0.2) is 0 Å². The van der Waals surface area contributed by atoms with E-state index in [1.807, 2.05) is 13.8 Å². The van der Waals surface area contributed by atoms with E-state index in [4.69, 9.17) is 14.2 Å². The van der Waals surface area contributed by atoms with E-state index in [-0.39, 0.29) is 42.4 Å². The van der Waals surface area contributed by atoms with E-state index in [9.17, 15) is 28.2 Å². The molecule has 2 aliphatic rings. The van der Waals surface area contributed by atoms with Crippen molar-refractivity contribution in [3.8, 4) is 5.75 Å². The molecule has 2 N–H and O–H groups in total. The molecule has 1 saturated carbocycles. The zero-order valence-electron chi connectivity index (χ0n) is 20.8. The van der Waals surface area contributed by atoms with Gasteiger partial charge >= 0.3 is 12.1 Å². The molecular formula is C27H37F3O6. The highest BCUT2D eigenvalue weighted by Crippen LogP contribution is 2.42. The standard InChI is InChI=1S/C27H37F3O6/c1-17(2)36-26(33)8-3-5-18-9-11-23-22(24(32)14-25(23)35-15-18)12-10-20(31)16-34-21-7-4-6-19(13-21)27(28,29)30/h4,6-7,10,12-13,17-18,20,22-25,31-32H,3,5,8-9,11,14-16H2,1-2H3/b12-10+/t18-,20-,22+,23+,24+,25-/m0/s1. The van der Waals surface area contributed by atoms with Crippen LogP contribution in [0.2, 0.25) is 0 Å². The molecule has 36 heavy (non-hydrogen) atoms. The third-order valence-corrected chi connectivity index (χ3v) is 6.84. The fraction of sp³-hybridized carbons (Fsp3) is 0.667. The molecule has 1 aliphatic heterocycles. The SMILES string of the molecule is CC(C)OC(=O)CCC[C@H]1CC[C@@H]2[C@@H](/C=C/[C@H](O)COc3cccc(C(F)(F)F)c3)[C@H](O)C[C@@H]2OC1.